The van der Waals surface area contributed by atoms with Gasteiger partial charge in [0.25, 0.3) is 5.56 Å². The van der Waals surface area contributed by atoms with Crippen molar-refractivity contribution in [2.24, 2.45) is 0 Å². The zero-order chi connectivity index (χ0) is 17.5. The van der Waals surface area contributed by atoms with Crippen molar-refractivity contribution in [1.82, 2.24) is 4.57 Å². The molecule has 0 spiro atoms. The SMILES string of the molecule is O=C(O)c1ccc(C(F)(F)F)n(-c2cccc3ccccc23)c1=O. The van der Waals surface area contributed by atoms with Crippen molar-refractivity contribution in [2.75, 3.05) is 0 Å². The van der Waals surface area contributed by atoms with Crippen molar-refractivity contribution in [1.29, 1.82) is 0 Å². The molecule has 3 aromatic rings. The van der Waals surface area contributed by atoms with Crippen LogP contribution in [-0.4, -0.2) is 15.6 Å². The maximum Gasteiger partial charge on any atom is 0.431 e. The number of nitrogens with zero attached hydrogens (tertiary/aromatic N) is 1. The highest BCUT2D eigenvalue weighted by molar-refractivity contribution is 5.91. The average Bonchev–Trinajstić information content (AvgIpc) is 2.53. The minimum absolute atomic E-state index is 0.0199. The van der Waals surface area contributed by atoms with Gasteiger partial charge in [-0.15, -0.1) is 0 Å². The zero-order valence-corrected chi connectivity index (χ0v) is 12.0. The number of carboxylic acids is 1. The fourth-order valence-corrected chi connectivity index (χ4v) is 2.56. The summed E-state index contributed by atoms with van der Waals surface area (Å²) in [5, 5.41) is 10.1. The van der Waals surface area contributed by atoms with Crippen LogP contribution in [0.25, 0.3) is 16.5 Å². The first-order valence-corrected chi connectivity index (χ1v) is 6.85. The van der Waals surface area contributed by atoms with E-state index in [1.807, 2.05) is 0 Å². The van der Waals surface area contributed by atoms with Gasteiger partial charge < -0.3 is 5.11 Å². The van der Waals surface area contributed by atoms with Crippen LogP contribution in [0.4, 0.5) is 13.2 Å². The molecule has 0 aliphatic rings. The van der Waals surface area contributed by atoms with Crippen molar-refractivity contribution in [3.8, 4) is 5.69 Å². The summed E-state index contributed by atoms with van der Waals surface area (Å²) in [6, 6.07) is 12.4. The molecule has 0 radical (unpaired) electrons. The first kappa shape index (κ1) is 15.8. The number of alkyl halides is 3. The third-order valence-electron chi connectivity index (χ3n) is 3.61. The summed E-state index contributed by atoms with van der Waals surface area (Å²) in [4.78, 5) is 23.5. The van der Waals surface area contributed by atoms with Gasteiger partial charge in [0.05, 0.1) is 5.69 Å². The van der Waals surface area contributed by atoms with E-state index in [0.717, 1.165) is 0 Å². The molecule has 24 heavy (non-hydrogen) atoms. The van der Waals surface area contributed by atoms with Crippen molar-refractivity contribution in [3.63, 3.8) is 0 Å². The number of hydrogen-bond acceptors (Lipinski definition) is 2. The van der Waals surface area contributed by atoms with Crippen LogP contribution in [0.15, 0.2) is 59.4 Å². The number of halogens is 3. The molecule has 4 nitrogen and oxygen atoms in total. The Morgan fingerprint density at radius 2 is 1.62 bits per heavy atom. The van der Waals surface area contributed by atoms with E-state index in [1.54, 1.807) is 30.3 Å². The normalized spacial score (nSPS) is 11.6. The maximum absolute atomic E-state index is 13.3. The number of aromatic carboxylic acids is 1. The molecule has 0 unspecified atom stereocenters. The minimum Gasteiger partial charge on any atom is -0.477 e. The number of carbonyl (C=O) groups is 1. The molecule has 0 saturated heterocycles. The summed E-state index contributed by atoms with van der Waals surface area (Å²) < 4.78 is 40.4. The first-order chi connectivity index (χ1) is 11.3. The second kappa shape index (κ2) is 5.52. The van der Waals surface area contributed by atoms with E-state index in [0.29, 0.717) is 27.5 Å². The molecular formula is C17H10F3NO3. The number of benzene rings is 2. The fraction of sp³-hybridized carbons (Fsp3) is 0.0588. The Kier molecular flexibility index (Phi) is 3.63. The molecule has 0 aliphatic heterocycles. The molecule has 3 rings (SSSR count). The fourth-order valence-electron chi connectivity index (χ4n) is 2.56. The molecular weight excluding hydrogens is 323 g/mol. The van der Waals surface area contributed by atoms with Crippen LogP contribution >= 0.6 is 0 Å². The van der Waals surface area contributed by atoms with Gasteiger partial charge in [0.15, 0.2) is 0 Å². The predicted octanol–water partition coefficient (Wildman–Crippen LogP) is 3.71. The lowest BCUT2D eigenvalue weighted by atomic mass is 10.1. The second-order valence-electron chi connectivity index (χ2n) is 5.07. The number of fused-ring (bicyclic) bond motifs is 1. The average molecular weight is 333 g/mol. The van der Waals surface area contributed by atoms with Gasteiger partial charge >= 0.3 is 12.1 Å². The maximum atomic E-state index is 13.3. The summed E-state index contributed by atoms with van der Waals surface area (Å²) in [6.07, 6.45) is -4.81. The van der Waals surface area contributed by atoms with E-state index in [1.165, 1.54) is 12.1 Å². The summed E-state index contributed by atoms with van der Waals surface area (Å²) >= 11 is 0. The van der Waals surface area contributed by atoms with Gasteiger partial charge in [-0.3, -0.25) is 9.36 Å². The largest absolute Gasteiger partial charge is 0.477 e. The van der Waals surface area contributed by atoms with Gasteiger partial charge in [0, 0.05) is 5.39 Å². The number of rotatable bonds is 2. The van der Waals surface area contributed by atoms with Crippen molar-refractivity contribution in [2.45, 2.75) is 6.18 Å². The lowest BCUT2D eigenvalue weighted by Gasteiger charge is -2.17. The second-order valence-corrected chi connectivity index (χ2v) is 5.07. The Balaban J connectivity index is 2.47. The molecule has 0 saturated carbocycles. The van der Waals surface area contributed by atoms with Crippen LogP contribution in [0, 0.1) is 0 Å². The van der Waals surface area contributed by atoms with E-state index < -0.39 is 29.0 Å². The molecule has 1 N–H and O–H groups in total. The molecule has 2 aromatic carbocycles. The Hall–Kier alpha value is -3.09. The third-order valence-corrected chi connectivity index (χ3v) is 3.61. The molecule has 7 heteroatoms. The molecule has 0 fully saturated rings. The lowest BCUT2D eigenvalue weighted by molar-refractivity contribution is -0.142. The standard InChI is InChI=1S/C17H10F3NO3/c18-17(19,20)14-9-8-12(16(23)24)15(22)21(14)13-7-3-5-10-4-1-2-6-11(10)13/h1-9H,(H,23,24). The van der Waals surface area contributed by atoms with Gasteiger partial charge in [-0.25, -0.2) is 4.79 Å². The molecule has 122 valence electrons. The topological polar surface area (TPSA) is 59.3 Å². The summed E-state index contributed by atoms with van der Waals surface area (Å²) in [6.45, 7) is 0. The number of aromatic nitrogens is 1. The third kappa shape index (κ3) is 2.54. The van der Waals surface area contributed by atoms with E-state index in [9.17, 15) is 22.8 Å². The molecule has 0 atom stereocenters. The van der Waals surface area contributed by atoms with Crippen LogP contribution in [0.3, 0.4) is 0 Å². The molecule has 0 amide bonds. The van der Waals surface area contributed by atoms with Crippen molar-refractivity contribution < 1.29 is 23.1 Å². The summed E-state index contributed by atoms with van der Waals surface area (Å²) in [5.74, 6) is -1.58. The smallest absolute Gasteiger partial charge is 0.431 e. The van der Waals surface area contributed by atoms with Gasteiger partial charge in [-0.2, -0.15) is 13.2 Å². The highest BCUT2D eigenvalue weighted by Gasteiger charge is 2.36. The van der Waals surface area contributed by atoms with Gasteiger partial charge in [-0.1, -0.05) is 36.4 Å². The van der Waals surface area contributed by atoms with Crippen LogP contribution in [-0.2, 0) is 6.18 Å². The molecule has 1 heterocycles. The Labute approximate surface area is 133 Å². The summed E-state index contributed by atoms with van der Waals surface area (Å²) in [7, 11) is 0. The monoisotopic (exact) mass is 333 g/mol. The quantitative estimate of drug-likeness (QED) is 0.778. The Bertz CT molecular complexity index is 1000. The highest BCUT2D eigenvalue weighted by atomic mass is 19.4. The summed E-state index contributed by atoms with van der Waals surface area (Å²) in [5.41, 5.74) is -3.20. The predicted molar refractivity (Wildman–Crippen MR) is 81.5 cm³/mol. The Morgan fingerprint density at radius 3 is 2.29 bits per heavy atom. The van der Waals surface area contributed by atoms with Gasteiger partial charge in [-0.05, 0) is 23.6 Å². The molecule has 0 aliphatic carbocycles. The van der Waals surface area contributed by atoms with Crippen molar-refractivity contribution in [3.05, 3.63) is 76.2 Å². The molecule has 1 aromatic heterocycles. The van der Waals surface area contributed by atoms with Crippen LogP contribution < -0.4 is 5.56 Å². The van der Waals surface area contributed by atoms with E-state index >= 15 is 0 Å². The minimum atomic E-state index is -4.81. The van der Waals surface area contributed by atoms with Crippen molar-refractivity contribution >= 4 is 16.7 Å². The lowest BCUT2D eigenvalue weighted by Crippen LogP contribution is -2.30. The number of carboxylic acid groups (broad SMARTS) is 1. The van der Waals surface area contributed by atoms with Gasteiger partial charge in [0.2, 0.25) is 0 Å². The van der Waals surface area contributed by atoms with Crippen LogP contribution in [0.2, 0.25) is 0 Å². The number of pyridine rings is 1. The van der Waals surface area contributed by atoms with E-state index in [-0.39, 0.29) is 5.69 Å². The highest BCUT2D eigenvalue weighted by Crippen LogP contribution is 2.32. The van der Waals surface area contributed by atoms with E-state index in [4.69, 9.17) is 5.11 Å². The Morgan fingerprint density at radius 1 is 0.958 bits per heavy atom. The molecule has 0 bridgehead atoms. The van der Waals surface area contributed by atoms with Crippen LogP contribution in [0.5, 0.6) is 0 Å². The first-order valence-electron chi connectivity index (χ1n) is 6.85. The van der Waals surface area contributed by atoms with Gasteiger partial charge in [0.1, 0.15) is 11.3 Å². The zero-order valence-electron chi connectivity index (χ0n) is 12.0. The van der Waals surface area contributed by atoms with Crippen LogP contribution in [0.1, 0.15) is 16.1 Å². The van der Waals surface area contributed by atoms with E-state index in [2.05, 4.69) is 0 Å². The number of hydrogen-bond donors (Lipinski definition) is 1.